The summed E-state index contributed by atoms with van der Waals surface area (Å²) in [7, 11) is 0. The van der Waals surface area contributed by atoms with Crippen molar-refractivity contribution in [2.24, 2.45) is 5.73 Å². The normalized spacial score (nSPS) is 16.4. The van der Waals surface area contributed by atoms with E-state index in [-0.39, 0.29) is 0 Å². The van der Waals surface area contributed by atoms with Gasteiger partial charge in [-0.3, -0.25) is 0 Å². The quantitative estimate of drug-likeness (QED) is 0.879. The summed E-state index contributed by atoms with van der Waals surface area (Å²) in [5, 5.41) is 0. The second kappa shape index (κ2) is 4.15. The minimum Gasteiger partial charge on any atom is -0.329 e. The Bertz CT molecular complexity index is 538. The van der Waals surface area contributed by atoms with Gasteiger partial charge in [0.2, 0.25) is 0 Å². The predicted octanol–water partition coefficient (Wildman–Crippen LogP) is 2.57. The second-order valence-corrected chi connectivity index (χ2v) is 5.03. The van der Waals surface area contributed by atoms with Crippen LogP contribution in [0.1, 0.15) is 36.6 Å². The third-order valence-electron chi connectivity index (χ3n) is 3.76. The van der Waals surface area contributed by atoms with Gasteiger partial charge < -0.3 is 10.3 Å². The molecule has 2 N–H and O–H groups in total. The van der Waals surface area contributed by atoms with Crippen molar-refractivity contribution in [2.75, 3.05) is 6.54 Å². The van der Waals surface area contributed by atoms with Crippen LogP contribution >= 0.6 is 0 Å². The molecule has 0 amide bonds. The average Bonchev–Trinajstić information content (AvgIpc) is 2.56. The lowest BCUT2D eigenvalue weighted by molar-refractivity contribution is 0.389. The van der Waals surface area contributed by atoms with Gasteiger partial charge in [0.05, 0.1) is 11.0 Å². The predicted molar refractivity (Wildman–Crippen MR) is 70.1 cm³/mol. The molecule has 2 aromatic rings. The molecule has 1 aliphatic rings. The number of nitrogens with two attached hydrogens (primary N) is 1. The fourth-order valence-electron chi connectivity index (χ4n) is 2.59. The zero-order valence-electron chi connectivity index (χ0n) is 10.3. The number of nitrogens with zero attached hydrogens (tertiary/aromatic N) is 2. The van der Waals surface area contributed by atoms with Gasteiger partial charge in [0.15, 0.2) is 0 Å². The van der Waals surface area contributed by atoms with Crippen LogP contribution in [0.15, 0.2) is 18.2 Å². The number of hydrogen-bond acceptors (Lipinski definition) is 2. The highest BCUT2D eigenvalue weighted by molar-refractivity contribution is 5.77. The number of fused-ring (bicyclic) bond motifs is 1. The van der Waals surface area contributed by atoms with E-state index >= 15 is 0 Å². The minimum atomic E-state index is 0.661. The molecule has 1 fully saturated rings. The first kappa shape index (κ1) is 10.8. The van der Waals surface area contributed by atoms with Crippen LogP contribution in [0.4, 0.5) is 0 Å². The van der Waals surface area contributed by atoms with Crippen molar-refractivity contribution in [3.8, 4) is 0 Å². The highest BCUT2D eigenvalue weighted by Gasteiger charge is 2.25. The van der Waals surface area contributed by atoms with Gasteiger partial charge in [0.25, 0.3) is 0 Å². The lowest BCUT2D eigenvalue weighted by atomic mass is 9.85. The van der Waals surface area contributed by atoms with E-state index in [9.17, 15) is 0 Å². The fourth-order valence-corrected chi connectivity index (χ4v) is 2.59. The molecule has 0 unspecified atom stereocenters. The van der Waals surface area contributed by atoms with Gasteiger partial charge in [0, 0.05) is 19.0 Å². The number of aryl methyl sites for hydroxylation is 1. The van der Waals surface area contributed by atoms with Crippen LogP contribution < -0.4 is 5.73 Å². The van der Waals surface area contributed by atoms with Crippen molar-refractivity contribution in [3.63, 3.8) is 0 Å². The third kappa shape index (κ3) is 1.75. The molecule has 0 saturated heterocycles. The summed E-state index contributed by atoms with van der Waals surface area (Å²) in [4.78, 5) is 4.80. The van der Waals surface area contributed by atoms with Crippen molar-refractivity contribution in [1.82, 2.24) is 9.55 Å². The molecule has 3 rings (SSSR count). The van der Waals surface area contributed by atoms with Crippen LogP contribution in [0.3, 0.4) is 0 Å². The Kier molecular flexibility index (Phi) is 2.63. The van der Waals surface area contributed by atoms with Crippen molar-refractivity contribution in [1.29, 1.82) is 0 Å². The largest absolute Gasteiger partial charge is 0.329 e. The Labute approximate surface area is 102 Å². The number of rotatable bonds is 3. The lowest BCUT2D eigenvalue weighted by Gasteiger charge is -2.25. The summed E-state index contributed by atoms with van der Waals surface area (Å²) in [6.07, 6.45) is 3.91. The molecular formula is C14H19N3. The third-order valence-corrected chi connectivity index (χ3v) is 3.76. The Hall–Kier alpha value is -1.35. The van der Waals surface area contributed by atoms with E-state index in [1.807, 2.05) is 0 Å². The fraction of sp³-hybridized carbons (Fsp3) is 0.500. The molecule has 1 aromatic carbocycles. The van der Waals surface area contributed by atoms with Crippen LogP contribution in [0.25, 0.3) is 11.0 Å². The highest BCUT2D eigenvalue weighted by Crippen LogP contribution is 2.37. The first-order chi connectivity index (χ1) is 8.29. The molecule has 3 nitrogen and oxygen atoms in total. The van der Waals surface area contributed by atoms with Crippen molar-refractivity contribution in [2.45, 2.75) is 38.6 Å². The van der Waals surface area contributed by atoms with Crippen molar-refractivity contribution < 1.29 is 0 Å². The summed E-state index contributed by atoms with van der Waals surface area (Å²) in [6.45, 7) is 3.69. The summed E-state index contributed by atoms with van der Waals surface area (Å²) in [6, 6.07) is 6.48. The van der Waals surface area contributed by atoms with Crippen molar-refractivity contribution >= 4 is 11.0 Å². The zero-order chi connectivity index (χ0) is 11.8. The van der Waals surface area contributed by atoms with E-state index in [1.165, 1.54) is 36.2 Å². The Morgan fingerprint density at radius 1 is 1.41 bits per heavy atom. The van der Waals surface area contributed by atoms with Gasteiger partial charge >= 0.3 is 0 Å². The first-order valence-corrected chi connectivity index (χ1v) is 6.46. The molecule has 3 heteroatoms. The molecule has 17 heavy (non-hydrogen) atoms. The molecule has 1 aliphatic carbocycles. The van der Waals surface area contributed by atoms with Crippen LogP contribution in [-0.2, 0) is 6.54 Å². The monoisotopic (exact) mass is 229 g/mol. The summed E-state index contributed by atoms with van der Waals surface area (Å²) in [5.74, 6) is 1.91. The smallest absolute Gasteiger partial charge is 0.113 e. The molecule has 1 aromatic heterocycles. The molecule has 0 atom stereocenters. The van der Waals surface area contributed by atoms with Crippen LogP contribution in [0.5, 0.6) is 0 Å². The standard InChI is InChI=1S/C14H19N3/c1-10-5-6-12-13(9-10)17(8-7-15)14(16-12)11-3-2-4-11/h5-6,9,11H,2-4,7-8,15H2,1H3. The van der Waals surface area contributed by atoms with Gasteiger partial charge in [0.1, 0.15) is 5.82 Å². The maximum absolute atomic E-state index is 5.73. The topological polar surface area (TPSA) is 43.8 Å². The molecule has 0 spiro atoms. The number of hydrogen-bond donors (Lipinski definition) is 1. The molecular weight excluding hydrogens is 210 g/mol. The maximum Gasteiger partial charge on any atom is 0.113 e. The molecule has 90 valence electrons. The van der Waals surface area contributed by atoms with E-state index in [2.05, 4.69) is 29.7 Å². The number of imidazole rings is 1. The number of benzene rings is 1. The average molecular weight is 229 g/mol. The van der Waals surface area contributed by atoms with Crippen LogP contribution in [0, 0.1) is 6.92 Å². The second-order valence-electron chi connectivity index (χ2n) is 5.03. The van der Waals surface area contributed by atoms with Gasteiger partial charge in [-0.2, -0.15) is 0 Å². The summed E-state index contributed by atoms with van der Waals surface area (Å²) < 4.78 is 2.33. The Balaban J connectivity index is 2.15. The van der Waals surface area contributed by atoms with E-state index in [4.69, 9.17) is 10.7 Å². The molecule has 1 saturated carbocycles. The van der Waals surface area contributed by atoms with E-state index in [0.29, 0.717) is 12.5 Å². The van der Waals surface area contributed by atoms with E-state index in [0.717, 1.165) is 12.1 Å². The highest BCUT2D eigenvalue weighted by atomic mass is 15.1. The van der Waals surface area contributed by atoms with E-state index < -0.39 is 0 Å². The summed E-state index contributed by atoms with van der Waals surface area (Å²) in [5.41, 5.74) is 9.38. The lowest BCUT2D eigenvalue weighted by Crippen LogP contribution is -2.18. The summed E-state index contributed by atoms with van der Waals surface area (Å²) >= 11 is 0. The van der Waals surface area contributed by atoms with E-state index in [1.54, 1.807) is 0 Å². The molecule has 0 bridgehead atoms. The first-order valence-electron chi connectivity index (χ1n) is 6.46. The molecule has 0 aliphatic heterocycles. The van der Waals surface area contributed by atoms with Crippen molar-refractivity contribution in [3.05, 3.63) is 29.6 Å². The van der Waals surface area contributed by atoms with Gasteiger partial charge in [-0.15, -0.1) is 0 Å². The molecule has 1 heterocycles. The van der Waals surface area contributed by atoms with Gasteiger partial charge in [-0.25, -0.2) is 4.98 Å². The Morgan fingerprint density at radius 2 is 2.24 bits per heavy atom. The SMILES string of the molecule is Cc1ccc2nc(C3CCC3)n(CCN)c2c1. The molecule has 0 radical (unpaired) electrons. The van der Waals surface area contributed by atoms with Crippen LogP contribution in [0.2, 0.25) is 0 Å². The van der Waals surface area contributed by atoms with Crippen LogP contribution in [-0.4, -0.2) is 16.1 Å². The minimum absolute atomic E-state index is 0.661. The Morgan fingerprint density at radius 3 is 2.88 bits per heavy atom. The zero-order valence-corrected chi connectivity index (χ0v) is 10.3. The van der Waals surface area contributed by atoms with Gasteiger partial charge in [-0.1, -0.05) is 12.5 Å². The maximum atomic E-state index is 5.73. The number of aromatic nitrogens is 2. The van der Waals surface area contributed by atoms with Gasteiger partial charge in [-0.05, 0) is 37.5 Å².